The third-order valence-electron chi connectivity index (χ3n) is 3.31. The highest BCUT2D eigenvalue weighted by Gasteiger charge is 2.37. The first-order chi connectivity index (χ1) is 8.44. The van der Waals surface area contributed by atoms with Gasteiger partial charge in [0.15, 0.2) is 0 Å². The fourth-order valence-corrected chi connectivity index (χ4v) is 2.38. The van der Waals surface area contributed by atoms with Crippen LogP contribution in [0.25, 0.3) is 0 Å². The molecule has 18 heavy (non-hydrogen) atoms. The molecule has 6 heteroatoms. The Hall–Kier alpha value is -1.33. The zero-order valence-electron chi connectivity index (χ0n) is 9.57. The van der Waals surface area contributed by atoms with Crippen molar-refractivity contribution in [3.63, 3.8) is 0 Å². The van der Waals surface area contributed by atoms with E-state index >= 15 is 0 Å². The van der Waals surface area contributed by atoms with Crippen LogP contribution in [0.2, 0.25) is 5.02 Å². The summed E-state index contributed by atoms with van der Waals surface area (Å²) in [5.41, 5.74) is -1.21. The Balaban J connectivity index is 2.23. The molecule has 0 bridgehead atoms. The Bertz CT molecular complexity index is 472. The molecule has 0 spiro atoms. The van der Waals surface area contributed by atoms with Crippen LogP contribution in [0.15, 0.2) is 18.2 Å². The summed E-state index contributed by atoms with van der Waals surface area (Å²) < 4.78 is 13.9. The number of piperidine rings is 1. The summed E-state index contributed by atoms with van der Waals surface area (Å²) in [7, 11) is 0. The SMILES string of the molecule is O=C(O)N1CCC(O)(c2cccc(Cl)c2F)CC1. The smallest absolute Gasteiger partial charge is 0.407 e. The van der Waals surface area contributed by atoms with Gasteiger partial charge in [0.2, 0.25) is 0 Å². The lowest BCUT2D eigenvalue weighted by Crippen LogP contribution is -2.45. The number of rotatable bonds is 1. The Morgan fingerprint density at radius 2 is 2.00 bits per heavy atom. The summed E-state index contributed by atoms with van der Waals surface area (Å²) in [6, 6.07) is 4.47. The van der Waals surface area contributed by atoms with Crippen LogP contribution >= 0.6 is 11.6 Å². The maximum atomic E-state index is 13.9. The van der Waals surface area contributed by atoms with Crippen molar-refractivity contribution in [1.29, 1.82) is 0 Å². The first-order valence-electron chi connectivity index (χ1n) is 5.59. The molecule has 0 aromatic heterocycles. The van der Waals surface area contributed by atoms with Gasteiger partial charge in [0.05, 0.1) is 10.6 Å². The molecule has 1 aliphatic rings. The monoisotopic (exact) mass is 273 g/mol. The molecule has 1 aromatic carbocycles. The van der Waals surface area contributed by atoms with Crippen molar-refractivity contribution >= 4 is 17.7 Å². The van der Waals surface area contributed by atoms with Crippen LogP contribution in [-0.4, -0.2) is 34.3 Å². The summed E-state index contributed by atoms with van der Waals surface area (Å²) in [4.78, 5) is 12.0. The molecule has 1 aliphatic heterocycles. The van der Waals surface area contributed by atoms with Crippen molar-refractivity contribution in [2.45, 2.75) is 18.4 Å². The molecule has 0 atom stereocenters. The first-order valence-corrected chi connectivity index (χ1v) is 5.96. The second-order valence-electron chi connectivity index (χ2n) is 4.40. The fraction of sp³-hybridized carbons (Fsp3) is 0.417. The van der Waals surface area contributed by atoms with Crippen molar-refractivity contribution < 1.29 is 19.4 Å². The van der Waals surface area contributed by atoms with Gasteiger partial charge in [-0.15, -0.1) is 0 Å². The molecule has 2 rings (SSSR count). The number of carbonyl (C=O) groups is 1. The molecule has 98 valence electrons. The van der Waals surface area contributed by atoms with Gasteiger partial charge in [-0.25, -0.2) is 9.18 Å². The number of benzene rings is 1. The van der Waals surface area contributed by atoms with Crippen LogP contribution in [0, 0.1) is 5.82 Å². The van der Waals surface area contributed by atoms with Crippen LogP contribution in [0.5, 0.6) is 0 Å². The number of nitrogens with zero attached hydrogens (tertiary/aromatic N) is 1. The van der Waals surface area contributed by atoms with Crippen LogP contribution in [-0.2, 0) is 5.60 Å². The number of amides is 1. The number of likely N-dealkylation sites (tertiary alicyclic amines) is 1. The highest BCUT2D eigenvalue weighted by Crippen LogP contribution is 2.36. The molecule has 1 amide bonds. The lowest BCUT2D eigenvalue weighted by molar-refractivity contribution is -0.0238. The highest BCUT2D eigenvalue weighted by molar-refractivity contribution is 6.30. The van der Waals surface area contributed by atoms with Gasteiger partial charge in [0.25, 0.3) is 0 Å². The predicted octanol–water partition coefficient (Wildman–Crippen LogP) is 2.44. The number of aliphatic hydroxyl groups is 1. The number of halogens is 2. The van der Waals surface area contributed by atoms with E-state index in [2.05, 4.69) is 0 Å². The predicted molar refractivity (Wildman–Crippen MR) is 64.1 cm³/mol. The third kappa shape index (κ3) is 2.28. The Kier molecular flexibility index (Phi) is 3.45. The molecule has 1 saturated heterocycles. The minimum Gasteiger partial charge on any atom is -0.465 e. The second-order valence-corrected chi connectivity index (χ2v) is 4.81. The summed E-state index contributed by atoms with van der Waals surface area (Å²) in [5, 5.41) is 19.2. The topological polar surface area (TPSA) is 60.8 Å². The molecule has 4 nitrogen and oxygen atoms in total. The highest BCUT2D eigenvalue weighted by atomic mass is 35.5. The summed E-state index contributed by atoms with van der Waals surface area (Å²) >= 11 is 5.68. The van der Waals surface area contributed by atoms with Gasteiger partial charge in [0.1, 0.15) is 5.82 Å². The third-order valence-corrected chi connectivity index (χ3v) is 3.61. The van der Waals surface area contributed by atoms with Crippen molar-refractivity contribution in [2.24, 2.45) is 0 Å². The van der Waals surface area contributed by atoms with Gasteiger partial charge in [-0.3, -0.25) is 0 Å². The molecule has 0 aliphatic carbocycles. The molecular weight excluding hydrogens is 261 g/mol. The summed E-state index contributed by atoms with van der Waals surface area (Å²) in [5.74, 6) is -0.634. The minimum atomic E-state index is -1.35. The van der Waals surface area contributed by atoms with Gasteiger partial charge < -0.3 is 15.1 Å². The van der Waals surface area contributed by atoms with Crippen LogP contribution in [0.1, 0.15) is 18.4 Å². The van der Waals surface area contributed by atoms with E-state index in [0.29, 0.717) is 0 Å². The van der Waals surface area contributed by atoms with E-state index < -0.39 is 17.5 Å². The van der Waals surface area contributed by atoms with Gasteiger partial charge >= 0.3 is 6.09 Å². The average molecular weight is 274 g/mol. The summed E-state index contributed by atoms with van der Waals surface area (Å²) in [6.07, 6.45) is -0.698. The van der Waals surface area contributed by atoms with Crippen LogP contribution in [0.3, 0.4) is 0 Å². The molecule has 2 N–H and O–H groups in total. The average Bonchev–Trinajstić information content (AvgIpc) is 2.33. The Morgan fingerprint density at radius 1 is 1.39 bits per heavy atom. The number of carboxylic acid groups (broad SMARTS) is 1. The lowest BCUT2D eigenvalue weighted by Gasteiger charge is -2.37. The maximum absolute atomic E-state index is 13.9. The first kappa shape index (κ1) is 13.1. The molecular formula is C12H13ClFNO3. The number of hydrogen-bond donors (Lipinski definition) is 2. The van der Waals surface area contributed by atoms with E-state index in [1.807, 2.05) is 0 Å². The zero-order chi connectivity index (χ0) is 13.3. The molecule has 1 fully saturated rings. The maximum Gasteiger partial charge on any atom is 0.407 e. The van der Waals surface area contributed by atoms with Gasteiger partial charge in [-0.05, 0) is 18.9 Å². The van der Waals surface area contributed by atoms with Crippen molar-refractivity contribution in [1.82, 2.24) is 4.90 Å². The van der Waals surface area contributed by atoms with Crippen molar-refractivity contribution in [3.8, 4) is 0 Å². The normalized spacial score (nSPS) is 18.7. The van der Waals surface area contributed by atoms with Gasteiger partial charge in [-0.2, -0.15) is 0 Å². The minimum absolute atomic E-state index is 0.0402. The molecule has 1 heterocycles. The van der Waals surface area contributed by atoms with Gasteiger partial charge in [-0.1, -0.05) is 23.7 Å². The molecule has 0 unspecified atom stereocenters. The lowest BCUT2D eigenvalue weighted by atomic mass is 9.84. The molecule has 1 aromatic rings. The Morgan fingerprint density at radius 3 is 2.56 bits per heavy atom. The standard InChI is InChI=1S/C12H13ClFNO3/c13-9-3-1-2-8(10(9)14)12(18)4-6-15(7-5-12)11(16)17/h1-3,18H,4-7H2,(H,16,17). The van der Waals surface area contributed by atoms with E-state index in [-0.39, 0.29) is 36.5 Å². The van der Waals surface area contributed by atoms with E-state index in [1.54, 1.807) is 6.07 Å². The fourth-order valence-electron chi connectivity index (χ4n) is 2.20. The van der Waals surface area contributed by atoms with Crippen molar-refractivity contribution in [2.75, 3.05) is 13.1 Å². The Labute approximate surface area is 109 Å². The molecule has 0 radical (unpaired) electrons. The van der Waals surface area contributed by atoms with Crippen LogP contribution < -0.4 is 0 Å². The van der Waals surface area contributed by atoms with Gasteiger partial charge in [0, 0.05) is 18.7 Å². The largest absolute Gasteiger partial charge is 0.465 e. The summed E-state index contributed by atoms with van der Waals surface area (Å²) in [6.45, 7) is 0.357. The number of hydrogen-bond acceptors (Lipinski definition) is 2. The second kappa shape index (κ2) is 4.74. The van der Waals surface area contributed by atoms with E-state index in [1.165, 1.54) is 17.0 Å². The zero-order valence-corrected chi connectivity index (χ0v) is 10.3. The van der Waals surface area contributed by atoms with Crippen molar-refractivity contribution in [3.05, 3.63) is 34.6 Å². The van der Waals surface area contributed by atoms with E-state index in [4.69, 9.17) is 16.7 Å². The van der Waals surface area contributed by atoms with E-state index in [9.17, 15) is 14.3 Å². The van der Waals surface area contributed by atoms with E-state index in [0.717, 1.165) is 0 Å². The molecule has 0 saturated carbocycles. The quantitative estimate of drug-likeness (QED) is 0.826. The van der Waals surface area contributed by atoms with Crippen LogP contribution in [0.4, 0.5) is 9.18 Å².